The second-order valence-corrected chi connectivity index (χ2v) is 7.93. The average molecular weight is 381 g/mol. The summed E-state index contributed by atoms with van der Waals surface area (Å²) in [5.41, 5.74) is 0. The Balaban J connectivity index is 4.84. The Labute approximate surface area is 151 Å². The van der Waals surface area contributed by atoms with Crippen molar-refractivity contribution in [2.24, 2.45) is 0 Å². The topological polar surface area (TPSA) is 81.7 Å². The van der Waals surface area contributed by atoms with Crippen molar-refractivity contribution in [3.63, 3.8) is 0 Å². The molecule has 25 heavy (non-hydrogen) atoms. The van der Waals surface area contributed by atoms with Crippen molar-refractivity contribution in [3.05, 3.63) is 12.7 Å². The van der Waals surface area contributed by atoms with Crippen LogP contribution in [0.25, 0.3) is 0 Å². The molecule has 0 heterocycles. The molecular formula is C16H32O8Si. The Kier molecular flexibility index (Phi) is 14.9. The van der Waals surface area contributed by atoms with Gasteiger partial charge in [0.25, 0.3) is 0 Å². The van der Waals surface area contributed by atoms with Crippen LogP contribution in [-0.4, -0.2) is 81.8 Å². The van der Waals surface area contributed by atoms with Crippen molar-refractivity contribution in [3.8, 4) is 0 Å². The second-order valence-electron chi connectivity index (χ2n) is 5.20. The van der Waals surface area contributed by atoms with Crippen LogP contribution in [0.15, 0.2) is 12.7 Å². The van der Waals surface area contributed by atoms with Crippen molar-refractivity contribution in [1.82, 2.24) is 0 Å². The zero-order valence-corrected chi connectivity index (χ0v) is 16.8. The summed E-state index contributed by atoms with van der Waals surface area (Å²) >= 11 is 0. The Morgan fingerprint density at radius 3 is 1.72 bits per heavy atom. The summed E-state index contributed by atoms with van der Waals surface area (Å²) in [7, 11) is 1.81. The van der Waals surface area contributed by atoms with Gasteiger partial charge in [0, 0.05) is 33.4 Å². The summed E-state index contributed by atoms with van der Waals surface area (Å²) in [5, 5.41) is 0. The highest BCUT2D eigenvalue weighted by Gasteiger charge is 2.41. The van der Waals surface area contributed by atoms with Crippen LogP contribution in [0.3, 0.4) is 0 Å². The van der Waals surface area contributed by atoms with Crippen LogP contribution >= 0.6 is 0 Å². The standard InChI is InChI=1S/C16H32O8Si/c1-6-16(17)24-15(2)7-14-25(21-11-8-18-3,22-12-9-19-4)23-13-10-20-5/h6,15H,1,7-14H2,2-5H3. The molecule has 9 heteroatoms. The number of carbonyl (C=O) groups excluding carboxylic acids is 1. The number of rotatable bonds is 17. The molecule has 0 fully saturated rings. The fourth-order valence-electron chi connectivity index (χ4n) is 1.87. The van der Waals surface area contributed by atoms with E-state index in [9.17, 15) is 4.79 Å². The predicted octanol–water partition coefficient (Wildman–Crippen LogP) is 1.42. The monoisotopic (exact) mass is 380 g/mol. The van der Waals surface area contributed by atoms with Gasteiger partial charge in [0.2, 0.25) is 0 Å². The highest BCUT2D eigenvalue weighted by molar-refractivity contribution is 6.60. The molecule has 148 valence electrons. The van der Waals surface area contributed by atoms with Crippen molar-refractivity contribution < 1.29 is 37.0 Å². The van der Waals surface area contributed by atoms with E-state index in [1.165, 1.54) is 0 Å². The van der Waals surface area contributed by atoms with Crippen molar-refractivity contribution >= 4 is 14.8 Å². The fraction of sp³-hybridized carbons (Fsp3) is 0.812. The van der Waals surface area contributed by atoms with E-state index in [4.69, 9.17) is 32.2 Å². The third-order valence-corrected chi connectivity index (χ3v) is 6.00. The number of methoxy groups -OCH3 is 3. The molecule has 0 aliphatic rings. The van der Waals surface area contributed by atoms with E-state index in [0.717, 1.165) is 6.08 Å². The maximum Gasteiger partial charge on any atom is 0.501 e. The lowest BCUT2D eigenvalue weighted by atomic mass is 10.3. The number of esters is 1. The van der Waals surface area contributed by atoms with E-state index >= 15 is 0 Å². The van der Waals surface area contributed by atoms with E-state index in [2.05, 4.69) is 6.58 Å². The van der Waals surface area contributed by atoms with Gasteiger partial charge in [-0.1, -0.05) is 6.58 Å². The summed E-state index contributed by atoms with van der Waals surface area (Å²) in [6, 6.07) is 0.496. The minimum absolute atomic E-state index is 0.305. The van der Waals surface area contributed by atoms with E-state index < -0.39 is 14.8 Å². The molecule has 0 aromatic rings. The molecule has 8 nitrogen and oxygen atoms in total. The lowest BCUT2D eigenvalue weighted by molar-refractivity contribution is -0.142. The van der Waals surface area contributed by atoms with Crippen LogP contribution < -0.4 is 0 Å². The average Bonchev–Trinajstić information content (AvgIpc) is 2.60. The van der Waals surface area contributed by atoms with Crippen molar-refractivity contribution in [2.75, 3.05) is 61.0 Å². The molecule has 0 aliphatic heterocycles. The SMILES string of the molecule is C=CC(=O)OC(C)CC[Si](OCCOC)(OCCOC)OCCOC. The molecule has 0 radical (unpaired) electrons. The summed E-state index contributed by atoms with van der Waals surface area (Å²) in [6.07, 6.45) is 1.37. The van der Waals surface area contributed by atoms with Crippen LogP contribution in [-0.2, 0) is 37.0 Å². The zero-order chi connectivity index (χ0) is 19.0. The quantitative estimate of drug-likeness (QED) is 0.162. The van der Waals surface area contributed by atoms with Crippen LogP contribution in [0.5, 0.6) is 0 Å². The van der Waals surface area contributed by atoms with Crippen LogP contribution in [0.2, 0.25) is 6.04 Å². The van der Waals surface area contributed by atoms with Gasteiger partial charge >= 0.3 is 14.8 Å². The molecule has 0 spiro atoms. The zero-order valence-electron chi connectivity index (χ0n) is 15.8. The molecule has 0 aliphatic carbocycles. The first-order chi connectivity index (χ1) is 12.0. The highest BCUT2D eigenvalue weighted by Crippen LogP contribution is 2.20. The van der Waals surface area contributed by atoms with Crippen molar-refractivity contribution in [2.45, 2.75) is 25.5 Å². The van der Waals surface area contributed by atoms with Gasteiger partial charge in [0.05, 0.1) is 45.7 Å². The van der Waals surface area contributed by atoms with Gasteiger partial charge in [0.15, 0.2) is 0 Å². The lowest BCUT2D eigenvalue weighted by Crippen LogP contribution is -2.48. The lowest BCUT2D eigenvalue weighted by Gasteiger charge is -2.30. The van der Waals surface area contributed by atoms with Gasteiger partial charge in [-0.15, -0.1) is 0 Å². The molecule has 0 bridgehead atoms. The Morgan fingerprint density at radius 1 is 0.920 bits per heavy atom. The van der Waals surface area contributed by atoms with E-state index in [1.54, 1.807) is 28.3 Å². The molecular weight excluding hydrogens is 348 g/mol. The predicted molar refractivity (Wildman–Crippen MR) is 94.4 cm³/mol. The molecule has 0 aromatic heterocycles. The molecule has 0 amide bonds. The maximum atomic E-state index is 11.3. The van der Waals surface area contributed by atoms with Crippen LogP contribution in [0, 0.1) is 0 Å². The number of hydrogen-bond acceptors (Lipinski definition) is 8. The van der Waals surface area contributed by atoms with E-state index in [1.807, 2.05) is 0 Å². The molecule has 0 saturated carbocycles. The van der Waals surface area contributed by atoms with Gasteiger partial charge in [-0.2, -0.15) is 0 Å². The van der Waals surface area contributed by atoms with E-state index in [-0.39, 0.29) is 6.10 Å². The fourth-order valence-corrected chi connectivity index (χ4v) is 4.49. The molecule has 1 atom stereocenters. The Morgan fingerprint density at radius 2 is 1.36 bits per heavy atom. The smallest absolute Gasteiger partial charge is 0.460 e. The van der Waals surface area contributed by atoms with E-state index in [0.29, 0.717) is 52.1 Å². The van der Waals surface area contributed by atoms with Gasteiger partial charge in [-0.05, 0) is 13.3 Å². The van der Waals surface area contributed by atoms with Crippen LogP contribution in [0.1, 0.15) is 13.3 Å². The van der Waals surface area contributed by atoms with Gasteiger partial charge in [0.1, 0.15) is 0 Å². The minimum atomic E-state index is -2.99. The third-order valence-electron chi connectivity index (χ3n) is 3.17. The summed E-state index contributed by atoms with van der Waals surface area (Å²) in [6.45, 7) is 7.53. The maximum absolute atomic E-state index is 11.3. The highest BCUT2D eigenvalue weighted by atomic mass is 28.4. The van der Waals surface area contributed by atoms with Gasteiger partial charge < -0.3 is 32.2 Å². The minimum Gasteiger partial charge on any atom is -0.460 e. The first-order valence-corrected chi connectivity index (χ1v) is 10.2. The second kappa shape index (κ2) is 15.4. The normalized spacial score (nSPS) is 12.8. The van der Waals surface area contributed by atoms with Crippen molar-refractivity contribution in [1.29, 1.82) is 0 Å². The third kappa shape index (κ3) is 12.2. The molecule has 0 N–H and O–H groups in total. The molecule has 1 unspecified atom stereocenters. The Hall–Kier alpha value is -0.813. The molecule has 0 saturated heterocycles. The largest absolute Gasteiger partial charge is 0.501 e. The van der Waals surface area contributed by atoms with Crippen LogP contribution in [0.4, 0.5) is 0 Å². The summed E-state index contributed by atoms with van der Waals surface area (Å²) in [4.78, 5) is 11.3. The van der Waals surface area contributed by atoms with Gasteiger partial charge in [-0.3, -0.25) is 0 Å². The number of carbonyl (C=O) groups is 1. The molecule has 0 rings (SSSR count). The van der Waals surface area contributed by atoms with Gasteiger partial charge in [-0.25, -0.2) is 4.79 Å². The summed E-state index contributed by atoms with van der Waals surface area (Å²) in [5.74, 6) is -0.458. The number of ether oxygens (including phenoxy) is 4. The first kappa shape index (κ1) is 24.2. The number of hydrogen-bond donors (Lipinski definition) is 0. The summed E-state index contributed by atoms with van der Waals surface area (Å²) < 4.78 is 38.1. The molecule has 0 aromatic carbocycles. The first-order valence-electron chi connectivity index (χ1n) is 8.25. The Bertz CT molecular complexity index is 326.